The molecule has 1 aliphatic rings. The molecule has 90 valence electrons. The zero-order chi connectivity index (χ0) is 11.2. The maximum Gasteiger partial charge on any atom is 0.0814 e. The lowest BCUT2D eigenvalue weighted by Crippen LogP contribution is -2.25. The van der Waals surface area contributed by atoms with Crippen LogP contribution in [0.1, 0.15) is 17.7 Å². The quantitative estimate of drug-likeness (QED) is 0.826. The Balaban J connectivity index is 1.60. The lowest BCUT2D eigenvalue weighted by atomic mass is 10.2. The van der Waals surface area contributed by atoms with Gasteiger partial charge in [-0.3, -0.25) is 0 Å². The van der Waals surface area contributed by atoms with Crippen molar-refractivity contribution in [2.75, 3.05) is 20.2 Å². The first-order valence-corrected chi connectivity index (χ1v) is 6.66. The third-order valence-electron chi connectivity index (χ3n) is 2.76. The summed E-state index contributed by atoms with van der Waals surface area (Å²) in [6, 6.07) is 4.16. The van der Waals surface area contributed by atoms with E-state index in [-0.39, 0.29) is 0 Å². The Bertz CT molecular complexity index is 289. The summed E-state index contributed by atoms with van der Waals surface area (Å²) in [4.78, 5) is 1.28. The van der Waals surface area contributed by atoms with Crippen LogP contribution in [0.5, 0.6) is 0 Å². The smallest absolute Gasteiger partial charge is 0.0814 e. The van der Waals surface area contributed by atoms with Crippen molar-refractivity contribution in [3.8, 4) is 0 Å². The van der Waals surface area contributed by atoms with E-state index in [4.69, 9.17) is 9.47 Å². The molecule has 2 unspecified atom stereocenters. The molecule has 1 aromatic heterocycles. The van der Waals surface area contributed by atoms with Gasteiger partial charge in [-0.15, -0.1) is 11.3 Å². The third-order valence-corrected chi connectivity index (χ3v) is 3.61. The third kappa shape index (κ3) is 3.56. The zero-order valence-electron chi connectivity index (χ0n) is 9.65. The van der Waals surface area contributed by atoms with E-state index in [1.54, 1.807) is 11.3 Å². The molecule has 1 aliphatic heterocycles. The van der Waals surface area contributed by atoms with Gasteiger partial charge in [0, 0.05) is 11.4 Å². The number of nitrogens with one attached hydrogen (secondary N) is 1. The first-order valence-electron chi connectivity index (χ1n) is 5.78. The van der Waals surface area contributed by atoms with Gasteiger partial charge in [0.15, 0.2) is 0 Å². The molecule has 3 nitrogen and oxygen atoms in total. The Labute approximate surface area is 101 Å². The standard InChI is InChI=1S/C12H19NO2S/c1-13-7-10-4-5-11(15-10)8-14-9-12-3-2-6-16-12/h2-3,6,10-11,13H,4-5,7-9H2,1H3. The first-order chi connectivity index (χ1) is 7.88. The number of hydrogen-bond donors (Lipinski definition) is 1. The minimum Gasteiger partial charge on any atom is -0.373 e. The lowest BCUT2D eigenvalue weighted by Gasteiger charge is -2.13. The van der Waals surface area contributed by atoms with E-state index in [0.717, 1.165) is 26.0 Å². The Morgan fingerprint density at radius 3 is 3.12 bits per heavy atom. The number of hydrogen-bond acceptors (Lipinski definition) is 4. The Kier molecular flexibility index (Phi) is 4.78. The highest BCUT2D eigenvalue weighted by molar-refractivity contribution is 7.09. The molecule has 0 radical (unpaired) electrons. The van der Waals surface area contributed by atoms with Gasteiger partial charge in [0.2, 0.25) is 0 Å². The molecule has 0 bridgehead atoms. The molecule has 0 amide bonds. The van der Waals surface area contributed by atoms with Crippen LogP contribution in [0.15, 0.2) is 17.5 Å². The van der Waals surface area contributed by atoms with Crippen molar-refractivity contribution in [2.24, 2.45) is 0 Å². The highest BCUT2D eigenvalue weighted by atomic mass is 32.1. The molecule has 1 N–H and O–H groups in total. The highest BCUT2D eigenvalue weighted by Gasteiger charge is 2.24. The van der Waals surface area contributed by atoms with Crippen LogP contribution in [-0.2, 0) is 16.1 Å². The predicted octanol–water partition coefficient (Wildman–Crippen LogP) is 2.03. The molecule has 16 heavy (non-hydrogen) atoms. The average molecular weight is 241 g/mol. The average Bonchev–Trinajstić information content (AvgIpc) is 2.90. The highest BCUT2D eigenvalue weighted by Crippen LogP contribution is 2.20. The predicted molar refractivity (Wildman–Crippen MR) is 65.8 cm³/mol. The molecule has 0 aliphatic carbocycles. The van der Waals surface area contributed by atoms with Gasteiger partial charge in [-0.2, -0.15) is 0 Å². The molecule has 0 spiro atoms. The Hall–Kier alpha value is -0.420. The lowest BCUT2D eigenvalue weighted by molar-refractivity contribution is -0.0180. The van der Waals surface area contributed by atoms with Crippen LogP contribution >= 0.6 is 11.3 Å². The van der Waals surface area contributed by atoms with Crippen LogP contribution in [0.3, 0.4) is 0 Å². The molecule has 2 rings (SSSR count). The Morgan fingerprint density at radius 2 is 2.38 bits per heavy atom. The largest absolute Gasteiger partial charge is 0.373 e. The summed E-state index contributed by atoms with van der Waals surface area (Å²) in [5, 5.41) is 5.22. The number of rotatable bonds is 6. The summed E-state index contributed by atoms with van der Waals surface area (Å²) >= 11 is 1.74. The summed E-state index contributed by atoms with van der Waals surface area (Å²) in [5.41, 5.74) is 0. The maximum atomic E-state index is 5.84. The van der Waals surface area contributed by atoms with E-state index in [0.29, 0.717) is 18.8 Å². The SMILES string of the molecule is CNCC1CCC(COCc2cccs2)O1. The van der Waals surface area contributed by atoms with Crippen molar-refractivity contribution in [3.05, 3.63) is 22.4 Å². The molecular formula is C12H19NO2S. The van der Waals surface area contributed by atoms with E-state index in [1.165, 1.54) is 4.88 Å². The van der Waals surface area contributed by atoms with E-state index in [1.807, 2.05) is 7.05 Å². The summed E-state index contributed by atoms with van der Waals surface area (Å²) < 4.78 is 11.5. The molecule has 1 aromatic rings. The van der Waals surface area contributed by atoms with E-state index < -0.39 is 0 Å². The van der Waals surface area contributed by atoms with Crippen molar-refractivity contribution in [1.82, 2.24) is 5.32 Å². The molecular weight excluding hydrogens is 222 g/mol. The van der Waals surface area contributed by atoms with Gasteiger partial charge in [-0.1, -0.05) is 6.07 Å². The molecule has 4 heteroatoms. The van der Waals surface area contributed by atoms with Crippen LogP contribution in [0, 0.1) is 0 Å². The summed E-state index contributed by atoms with van der Waals surface area (Å²) in [6.45, 7) is 2.38. The molecule has 2 heterocycles. The molecule has 1 fully saturated rings. The van der Waals surface area contributed by atoms with E-state index in [9.17, 15) is 0 Å². The number of likely N-dealkylation sites (N-methyl/N-ethyl adjacent to an activating group) is 1. The fraction of sp³-hybridized carbons (Fsp3) is 0.667. The van der Waals surface area contributed by atoms with Gasteiger partial charge >= 0.3 is 0 Å². The molecule has 1 saturated heterocycles. The normalized spacial score (nSPS) is 25.1. The molecule has 0 saturated carbocycles. The maximum absolute atomic E-state index is 5.84. The van der Waals surface area contributed by atoms with Crippen molar-refractivity contribution in [2.45, 2.75) is 31.7 Å². The van der Waals surface area contributed by atoms with Crippen LogP contribution in [0.2, 0.25) is 0 Å². The summed E-state index contributed by atoms with van der Waals surface area (Å²) in [5.74, 6) is 0. The van der Waals surface area contributed by atoms with Crippen LogP contribution < -0.4 is 5.32 Å². The summed E-state index contributed by atoms with van der Waals surface area (Å²) in [6.07, 6.45) is 2.93. The van der Waals surface area contributed by atoms with Gasteiger partial charge in [-0.05, 0) is 31.3 Å². The fourth-order valence-electron chi connectivity index (χ4n) is 1.97. The van der Waals surface area contributed by atoms with Crippen molar-refractivity contribution >= 4 is 11.3 Å². The second kappa shape index (κ2) is 6.35. The minimum atomic E-state index is 0.290. The van der Waals surface area contributed by atoms with E-state index >= 15 is 0 Å². The van der Waals surface area contributed by atoms with Crippen molar-refractivity contribution in [3.63, 3.8) is 0 Å². The first kappa shape index (κ1) is 12.0. The van der Waals surface area contributed by atoms with Gasteiger partial charge in [0.05, 0.1) is 25.4 Å². The second-order valence-corrected chi connectivity index (χ2v) is 5.14. The van der Waals surface area contributed by atoms with Crippen molar-refractivity contribution in [1.29, 1.82) is 0 Å². The van der Waals surface area contributed by atoms with E-state index in [2.05, 4.69) is 22.8 Å². The van der Waals surface area contributed by atoms with Crippen molar-refractivity contribution < 1.29 is 9.47 Å². The Morgan fingerprint density at radius 1 is 1.50 bits per heavy atom. The number of thiophene rings is 1. The molecule has 0 aromatic carbocycles. The topological polar surface area (TPSA) is 30.5 Å². The minimum absolute atomic E-state index is 0.290. The zero-order valence-corrected chi connectivity index (χ0v) is 10.5. The van der Waals surface area contributed by atoms with Gasteiger partial charge in [-0.25, -0.2) is 0 Å². The van der Waals surface area contributed by atoms with Gasteiger partial charge in [0.25, 0.3) is 0 Å². The van der Waals surface area contributed by atoms with Crippen LogP contribution in [0.4, 0.5) is 0 Å². The summed E-state index contributed by atoms with van der Waals surface area (Å²) in [7, 11) is 1.96. The number of ether oxygens (including phenoxy) is 2. The van der Waals surface area contributed by atoms with Crippen LogP contribution in [0.25, 0.3) is 0 Å². The fourth-order valence-corrected chi connectivity index (χ4v) is 2.61. The van der Waals surface area contributed by atoms with Gasteiger partial charge in [0.1, 0.15) is 0 Å². The van der Waals surface area contributed by atoms with Crippen LogP contribution in [-0.4, -0.2) is 32.4 Å². The second-order valence-electron chi connectivity index (χ2n) is 4.11. The monoisotopic (exact) mass is 241 g/mol. The molecule has 2 atom stereocenters. The van der Waals surface area contributed by atoms with Gasteiger partial charge < -0.3 is 14.8 Å².